The first kappa shape index (κ1) is 16.5. The number of amidine groups is 1. The van der Waals surface area contributed by atoms with Gasteiger partial charge in [0.25, 0.3) is 0 Å². The highest BCUT2D eigenvalue weighted by Gasteiger charge is 2.16. The van der Waals surface area contributed by atoms with Crippen molar-refractivity contribution in [2.24, 2.45) is 10.9 Å². The molecule has 0 saturated carbocycles. The number of oxime groups is 1. The van der Waals surface area contributed by atoms with E-state index in [1.807, 2.05) is 14.1 Å². The number of pyridine rings is 1. The van der Waals surface area contributed by atoms with Crippen LogP contribution in [-0.2, 0) is 0 Å². The molecule has 0 spiro atoms. The largest absolute Gasteiger partial charge is 0.409 e. The van der Waals surface area contributed by atoms with E-state index >= 15 is 0 Å². The zero-order chi connectivity index (χ0) is 15.1. The first-order chi connectivity index (χ1) is 9.51. The Labute approximate surface area is 124 Å². The summed E-state index contributed by atoms with van der Waals surface area (Å²) in [5, 5.41) is 12.2. The van der Waals surface area contributed by atoms with E-state index in [-0.39, 0.29) is 5.84 Å². The maximum atomic E-state index is 8.79. The van der Waals surface area contributed by atoms with Gasteiger partial charge in [-0.25, -0.2) is 4.98 Å². The molecule has 1 aromatic rings. The number of halogens is 1. The Balaban J connectivity index is 3.07. The summed E-state index contributed by atoms with van der Waals surface area (Å²) in [6.45, 7) is 4.66. The average molecular weight is 300 g/mol. The molecule has 7 heteroatoms. The van der Waals surface area contributed by atoms with Gasteiger partial charge in [-0.2, -0.15) is 0 Å². The van der Waals surface area contributed by atoms with E-state index in [2.05, 4.69) is 26.9 Å². The summed E-state index contributed by atoms with van der Waals surface area (Å²) in [7, 11) is 4.04. The van der Waals surface area contributed by atoms with Crippen LogP contribution in [0.15, 0.2) is 17.4 Å². The zero-order valence-electron chi connectivity index (χ0n) is 12.2. The van der Waals surface area contributed by atoms with E-state index in [0.717, 1.165) is 26.1 Å². The topological polar surface area (TPSA) is 78.0 Å². The van der Waals surface area contributed by atoms with Crippen LogP contribution in [0, 0.1) is 0 Å². The van der Waals surface area contributed by atoms with E-state index in [4.69, 9.17) is 22.5 Å². The van der Waals surface area contributed by atoms with Crippen LogP contribution in [-0.4, -0.2) is 54.7 Å². The van der Waals surface area contributed by atoms with Gasteiger partial charge in [0.15, 0.2) is 5.84 Å². The number of hydrogen-bond donors (Lipinski definition) is 2. The van der Waals surface area contributed by atoms with Crippen molar-refractivity contribution in [3.63, 3.8) is 0 Å². The zero-order valence-corrected chi connectivity index (χ0v) is 12.9. The SMILES string of the molecule is CCCN(CCN(C)C)c1nccc(/C(N)=N/O)c1Cl. The second kappa shape index (κ2) is 7.91. The number of nitrogens with two attached hydrogens (primary N) is 1. The number of likely N-dealkylation sites (N-methyl/N-ethyl adjacent to an activating group) is 1. The monoisotopic (exact) mass is 299 g/mol. The van der Waals surface area contributed by atoms with Crippen LogP contribution in [0.3, 0.4) is 0 Å². The fourth-order valence-corrected chi connectivity index (χ4v) is 2.15. The van der Waals surface area contributed by atoms with Crippen molar-refractivity contribution < 1.29 is 5.21 Å². The number of nitrogens with zero attached hydrogens (tertiary/aromatic N) is 4. The van der Waals surface area contributed by atoms with Crippen LogP contribution in [0.5, 0.6) is 0 Å². The van der Waals surface area contributed by atoms with E-state index in [0.29, 0.717) is 16.4 Å². The van der Waals surface area contributed by atoms with Gasteiger partial charge in [-0.15, -0.1) is 0 Å². The predicted octanol–water partition coefficient (Wildman–Crippen LogP) is 1.61. The molecule has 0 aliphatic heterocycles. The molecule has 0 radical (unpaired) electrons. The molecule has 0 atom stereocenters. The first-order valence-electron chi connectivity index (χ1n) is 6.53. The highest BCUT2D eigenvalue weighted by molar-refractivity contribution is 6.36. The Kier molecular flexibility index (Phi) is 6.54. The fraction of sp³-hybridized carbons (Fsp3) is 0.538. The molecule has 0 amide bonds. The van der Waals surface area contributed by atoms with Gasteiger partial charge in [0.05, 0.1) is 5.02 Å². The third kappa shape index (κ3) is 4.25. The summed E-state index contributed by atoms with van der Waals surface area (Å²) < 4.78 is 0. The molecule has 1 rings (SSSR count). The first-order valence-corrected chi connectivity index (χ1v) is 6.91. The molecular formula is C13H22ClN5O. The van der Waals surface area contributed by atoms with Crippen LogP contribution >= 0.6 is 11.6 Å². The highest BCUT2D eigenvalue weighted by atomic mass is 35.5. The minimum Gasteiger partial charge on any atom is -0.409 e. The van der Waals surface area contributed by atoms with Crippen LogP contribution in [0.1, 0.15) is 18.9 Å². The number of anilines is 1. The molecule has 0 fully saturated rings. The van der Waals surface area contributed by atoms with Crippen molar-refractivity contribution in [2.75, 3.05) is 38.6 Å². The van der Waals surface area contributed by atoms with Crippen molar-refractivity contribution in [3.05, 3.63) is 22.8 Å². The maximum absolute atomic E-state index is 8.79. The average Bonchev–Trinajstić information content (AvgIpc) is 2.43. The number of rotatable bonds is 7. The molecule has 0 aromatic carbocycles. The molecular weight excluding hydrogens is 278 g/mol. The second-order valence-corrected chi connectivity index (χ2v) is 5.15. The quantitative estimate of drug-likeness (QED) is 0.346. The summed E-state index contributed by atoms with van der Waals surface area (Å²) in [6, 6.07) is 1.64. The minimum absolute atomic E-state index is 0.0114. The Morgan fingerprint density at radius 3 is 2.65 bits per heavy atom. The Bertz CT molecular complexity index is 464. The lowest BCUT2D eigenvalue weighted by atomic mass is 10.2. The van der Waals surface area contributed by atoms with Crippen molar-refractivity contribution in [1.82, 2.24) is 9.88 Å². The third-order valence-corrected chi connectivity index (χ3v) is 3.24. The van der Waals surface area contributed by atoms with Gasteiger partial charge in [-0.3, -0.25) is 0 Å². The molecule has 112 valence electrons. The summed E-state index contributed by atoms with van der Waals surface area (Å²) in [5.41, 5.74) is 6.11. The molecule has 0 aliphatic rings. The van der Waals surface area contributed by atoms with Gasteiger partial charge in [0.1, 0.15) is 5.82 Å². The molecule has 3 N–H and O–H groups in total. The molecule has 1 aromatic heterocycles. The lowest BCUT2D eigenvalue weighted by Gasteiger charge is -2.26. The summed E-state index contributed by atoms with van der Waals surface area (Å²) in [5.74, 6) is 0.655. The molecule has 0 unspecified atom stereocenters. The standard InChI is InChI=1S/C13H22ClN5O/c1-4-7-19(9-8-18(2)3)13-11(14)10(5-6-16-13)12(15)17-20/h5-6,20H,4,7-9H2,1-3H3,(H2,15,17). The molecule has 0 aliphatic carbocycles. The van der Waals surface area contributed by atoms with Gasteiger partial charge in [-0.1, -0.05) is 23.7 Å². The normalized spacial score (nSPS) is 11.9. The summed E-state index contributed by atoms with van der Waals surface area (Å²) >= 11 is 6.34. The molecule has 1 heterocycles. The van der Waals surface area contributed by atoms with Gasteiger partial charge in [-0.05, 0) is 26.6 Å². The lowest BCUT2D eigenvalue weighted by Crippen LogP contribution is -2.33. The van der Waals surface area contributed by atoms with Crippen molar-refractivity contribution in [3.8, 4) is 0 Å². The Morgan fingerprint density at radius 2 is 2.10 bits per heavy atom. The van der Waals surface area contributed by atoms with Crippen molar-refractivity contribution in [1.29, 1.82) is 0 Å². The van der Waals surface area contributed by atoms with Crippen LogP contribution in [0.2, 0.25) is 5.02 Å². The molecule has 0 saturated heterocycles. The van der Waals surface area contributed by atoms with Gasteiger partial charge >= 0.3 is 0 Å². The second-order valence-electron chi connectivity index (χ2n) is 4.77. The van der Waals surface area contributed by atoms with Crippen LogP contribution in [0.25, 0.3) is 0 Å². The maximum Gasteiger partial charge on any atom is 0.171 e. The fourth-order valence-electron chi connectivity index (χ4n) is 1.82. The van der Waals surface area contributed by atoms with Crippen molar-refractivity contribution in [2.45, 2.75) is 13.3 Å². The van der Waals surface area contributed by atoms with E-state index in [1.165, 1.54) is 0 Å². The van der Waals surface area contributed by atoms with Gasteiger partial charge < -0.3 is 20.7 Å². The predicted molar refractivity (Wildman–Crippen MR) is 82.8 cm³/mol. The van der Waals surface area contributed by atoms with E-state index in [1.54, 1.807) is 12.3 Å². The van der Waals surface area contributed by atoms with Gasteiger partial charge in [0, 0.05) is 31.4 Å². The molecule has 0 bridgehead atoms. The van der Waals surface area contributed by atoms with Crippen LogP contribution < -0.4 is 10.6 Å². The summed E-state index contributed by atoms with van der Waals surface area (Å²) in [4.78, 5) is 8.54. The van der Waals surface area contributed by atoms with E-state index in [9.17, 15) is 0 Å². The van der Waals surface area contributed by atoms with Crippen molar-refractivity contribution >= 4 is 23.3 Å². The Hall–Kier alpha value is -1.53. The highest BCUT2D eigenvalue weighted by Crippen LogP contribution is 2.26. The number of hydrogen-bond acceptors (Lipinski definition) is 5. The molecule has 20 heavy (non-hydrogen) atoms. The van der Waals surface area contributed by atoms with E-state index < -0.39 is 0 Å². The Morgan fingerprint density at radius 1 is 1.40 bits per heavy atom. The summed E-state index contributed by atoms with van der Waals surface area (Å²) in [6.07, 6.45) is 2.60. The number of aromatic nitrogens is 1. The van der Waals surface area contributed by atoms with Gasteiger partial charge in [0.2, 0.25) is 0 Å². The smallest absolute Gasteiger partial charge is 0.171 e. The van der Waals surface area contributed by atoms with Crippen LogP contribution in [0.4, 0.5) is 5.82 Å². The molecule has 6 nitrogen and oxygen atoms in total. The minimum atomic E-state index is -0.0114. The third-order valence-electron chi connectivity index (χ3n) is 2.86. The lowest BCUT2D eigenvalue weighted by molar-refractivity contribution is 0.318.